The van der Waals surface area contributed by atoms with Gasteiger partial charge in [-0.1, -0.05) is 19.8 Å². The number of likely N-dealkylation sites (N-methyl/N-ethyl adjacent to an activating group) is 1. The number of guanidine groups is 1. The van der Waals surface area contributed by atoms with Gasteiger partial charge in [0.05, 0.1) is 7.11 Å². The molecule has 0 aromatic carbocycles. The Kier molecular flexibility index (Phi) is 14.4. The van der Waals surface area contributed by atoms with Crippen molar-refractivity contribution in [3.63, 3.8) is 0 Å². The summed E-state index contributed by atoms with van der Waals surface area (Å²) in [6.07, 6.45) is 7.29. The lowest BCUT2D eigenvalue weighted by molar-refractivity contribution is -0.140. The summed E-state index contributed by atoms with van der Waals surface area (Å²) in [5, 5.41) is 6.80. The highest BCUT2D eigenvalue weighted by Gasteiger charge is 2.22. The highest BCUT2D eigenvalue weighted by atomic mass is 127. The molecular weight excluding hydrogens is 419 g/mol. The van der Waals surface area contributed by atoms with Gasteiger partial charge in [0.1, 0.15) is 0 Å². The van der Waals surface area contributed by atoms with Gasteiger partial charge in [-0.25, -0.2) is 0 Å². The number of nitrogens with zero attached hydrogens (tertiary/aromatic N) is 2. The third-order valence-electron chi connectivity index (χ3n) is 4.46. The lowest BCUT2D eigenvalue weighted by atomic mass is 10.1. The zero-order valence-corrected chi connectivity index (χ0v) is 17.8. The van der Waals surface area contributed by atoms with Crippen molar-refractivity contribution in [3.05, 3.63) is 0 Å². The summed E-state index contributed by atoms with van der Waals surface area (Å²) in [5.41, 5.74) is 0. The molecule has 1 aliphatic rings. The Morgan fingerprint density at radius 2 is 2.00 bits per heavy atom. The summed E-state index contributed by atoms with van der Waals surface area (Å²) in [7, 11) is 3.26. The minimum absolute atomic E-state index is 0. The van der Waals surface area contributed by atoms with Crippen LogP contribution in [0.4, 0.5) is 0 Å². The van der Waals surface area contributed by atoms with Gasteiger partial charge >= 0.3 is 5.97 Å². The van der Waals surface area contributed by atoms with Crippen molar-refractivity contribution < 1.29 is 9.53 Å². The van der Waals surface area contributed by atoms with Crippen molar-refractivity contribution in [2.24, 2.45) is 4.99 Å². The molecule has 1 fully saturated rings. The van der Waals surface area contributed by atoms with E-state index < -0.39 is 0 Å². The summed E-state index contributed by atoms with van der Waals surface area (Å²) < 4.78 is 4.63. The molecule has 0 aliphatic carbocycles. The topological polar surface area (TPSA) is 66.0 Å². The van der Waals surface area contributed by atoms with Gasteiger partial charge in [-0.05, 0) is 38.8 Å². The molecular formula is C17H35IN4O2. The summed E-state index contributed by atoms with van der Waals surface area (Å²) in [4.78, 5) is 17.8. The third kappa shape index (κ3) is 9.66. The second kappa shape index (κ2) is 14.7. The maximum Gasteiger partial charge on any atom is 0.305 e. The van der Waals surface area contributed by atoms with Gasteiger partial charge in [-0.2, -0.15) is 0 Å². The molecule has 1 heterocycles. The number of hydrogen-bond donors (Lipinski definition) is 2. The fourth-order valence-electron chi connectivity index (χ4n) is 3.03. The standard InChI is InChI=1S/C17H34N4O2.HI/c1-4-21-13-9-10-15(21)14-20-17(18-2)19-12-8-6-5-7-11-16(22)23-3;/h15H,4-14H2,1-3H3,(H2,18,19,20);1H. The van der Waals surface area contributed by atoms with Crippen LogP contribution < -0.4 is 10.6 Å². The first-order chi connectivity index (χ1) is 11.2. The summed E-state index contributed by atoms with van der Waals surface area (Å²) in [6.45, 7) is 6.46. The van der Waals surface area contributed by atoms with E-state index >= 15 is 0 Å². The molecule has 1 atom stereocenters. The van der Waals surface area contributed by atoms with Crippen molar-refractivity contribution in [3.8, 4) is 0 Å². The number of halogens is 1. The number of ether oxygens (including phenoxy) is 1. The number of unbranched alkanes of at least 4 members (excludes halogenated alkanes) is 3. The van der Waals surface area contributed by atoms with Crippen LogP contribution in [0.15, 0.2) is 4.99 Å². The number of likely N-dealkylation sites (tertiary alicyclic amines) is 1. The molecule has 0 spiro atoms. The second-order valence-electron chi connectivity index (χ2n) is 6.04. The Morgan fingerprint density at radius 3 is 2.67 bits per heavy atom. The SMILES string of the molecule is CCN1CCCC1CNC(=NC)NCCCCCCC(=O)OC.I. The molecule has 1 unspecified atom stereocenters. The van der Waals surface area contributed by atoms with E-state index in [4.69, 9.17) is 0 Å². The van der Waals surface area contributed by atoms with Gasteiger partial charge in [-0.15, -0.1) is 24.0 Å². The van der Waals surface area contributed by atoms with E-state index in [1.807, 2.05) is 7.05 Å². The molecule has 0 bridgehead atoms. The number of aliphatic imine (C=N–C) groups is 1. The molecule has 0 aromatic rings. The summed E-state index contributed by atoms with van der Waals surface area (Å²) in [6, 6.07) is 0.636. The van der Waals surface area contributed by atoms with E-state index in [9.17, 15) is 4.79 Å². The number of methoxy groups -OCH3 is 1. The Balaban J connectivity index is 0.00000529. The van der Waals surface area contributed by atoms with Crippen LogP contribution in [0.5, 0.6) is 0 Å². The van der Waals surface area contributed by atoms with E-state index in [0.717, 1.165) is 51.3 Å². The zero-order valence-electron chi connectivity index (χ0n) is 15.5. The molecule has 1 rings (SSSR count). The monoisotopic (exact) mass is 454 g/mol. The van der Waals surface area contributed by atoms with Crippen molar-refractivity contribution in [1.29, 1.82) is 0 Å². The van der Waals surface area contributed by atoms with E-state index in [1.165, 1.54) is 26.5 Å². The van der Waals surface area contributed by atoms with Gasteiger partial charge in [0, 0.05) is 32.6 Å². The number of rotatable bonds is 10. The fraction of sp³-hybridized carbons (Fsp3) is 0.882. The minimum Gasteiger partial charge on any atom is -0.469 e. The minimum atomic E-state index is -0.110. The Bertz CT molecular complexity index is 366. The average Bonchev–Trinajstić information content (AvgIpc) is 3.03. The highest BCUT2D eigenvalue weighted by molar-refractivity contribution is 14.0. The summed E-state index contributed by atoms with van der Waals surface area (Å²) in [5.74, 6) is 0.781. The fourth-order valence-corrected chi connectivity index (χ4v) is 3.03. The maximum atomic E-state index is 11.0. The molecule has 0 saturated carbocycles. The smallest absolute Gasteiger partial charge is 0.305 e. The number of carbonyl (C=O) groups excluding carboxylic acids is 1. The quantitative estimate of drug-likeness (QED) is 0.175. The molecule has 1 aliphatic heterocycles. The van der Waals surface area contributed by atoms with Crippen molar-refractivity contribution >= 4 is 35.9 Å². The molecule has 142 valence electrons. The van der Waals surface area contributed by atoms with Crippen LogP contribution in [-0.2, 0) is 9.53 Å². The van der Waals surface area contributed by atoms with E-state index in [2.05, 4.69) is 32.2 Å². The van der Waals surface area contributed by atoms with Gasteiger partial charge in [-0.3, -0.25) is 14.7 Å². The molecule has 2 N–H and O–H groups in total. The van der Waals surface area contributed by atoms with Gasteiger partial charge in [0.25, 0.3) is 0 Å². The number of hydrogen-bond acceptors (Lipinski definition) is 4. The summed E-state index contributed by atoms with van der Waals surface area (Å²) >= 11 is 0. The van der Waals surface area contributed by atoms with E-state index in [0.29, 0.717) is 12.5 Å². The number of carbonyl (C=O) groups is 1. The number of esters is 1. The van der Waals surface area contributed by atoms with E-state index in [1.54, 1.807) is 0 Å². The van der Waals surface area contributed by atoms with Crippen LogP contribution in [0, 0.1) is 0 Å². The number of nitrogens with one attached hydrogen (secondary N) is 2. The average molecular weight is 454 g/mol. The van der Waals surface area contributed by atoms with Gasteiger partial charge in [0.15, 0.2) is 5.96 Å². The van der Waals surface area contributed by atoms with Crippen LogP contribution >= 0.6 is 24.0 Å². The van der Waals surface area contributed by atoms with Crippen LogP contribution in [0.2, 0.25) is 0 Å². The predicted molar refractivity (Wildman–Crippen MR) is 110 cm³/mol. The molecule has 7 heteroatoms. The van der Waals surface area contributed by atoms with Crippen LogP contribution in [-0.4, -0.2) is 63.2 Å². The van der Waals surface area contributed by atoms with Crippen LogP contribution in [0.3, 0.4) is 0 Å². The van der Waals surface area contributed by atoms with E-state index in [-0.39, 0.29) is 29.9 Å². The van der Waals surface area contributed by atoms with Gasteiger partial charge in [0.2, 0.25) is 0 Å². The molecule has 1 saturated heterocycles. The Hall–Kier alpha value is -0.570. The lowest BCUT2D eigenvalue weighted by Gasteiger charge is -2.23. The van der Waals surface area contributed by atoms with Crippen molar-refractivity contribution in [2.75, 3.05) is 40.3 Å². The van der Waals surface area contributed by atoms with Crippen molar-refractivity contribution in [1.82, 2.24) is 15.5 Å². The lowest BCUT2D eigenvalue weighted by Crippen LogP contribution is -2.45. The van der Waals surface area contributed by atoms with Crippen molar-refractivity contribution in [2.45, 2.75) is 57.9 Å². The van der Waals surface area contributed by atoms with Gasteiger partial charge < -0.3 is 15.4 Å². The third-order valence-corrected chi connectivity index (χ3v) is 4.46. The van der Waals surface area contributed by atoms with Crippen LogP contribution in [0.1, 0.15) is 51.9 Å². The maximum absolute atomic E-state index is 11.0. The Morgan fingerprint density at radius 1 is 1.25 bits per heavy atom. The molecule has 0 radical (unpaired) electrons. The first-order valence-corrected chi connectivity index (χ1v) is 8.96. The first-order valence-electron chi connectivity index (χ1n) is 8.96. The predicted octanol–water partition coefficient (Wildman–Crippen LogP) is 2.38. The Labute approximate surface area is 164 Å². The second-order valence-corrected chi connectivity index (χ2v) is 6.04. The normalized spacial score (nSPS) is 18.1. The molecule has 0 aromatic heterocycles. The molecule has 24 heavy (non-hydrogen) atoms. The first kappa shape index (κ1) is 23.4. The molecule has 6 nitrogen and oxygen atoms in total. The zero-order chi connectivity index (χ0) is 16.9. The highest BCUT2D eigenvalue weighted by Crippen LogP contribution is 2.15. The van der Waals surface area contributed by atoms with Crippen LogP contribution in [0.25, 0.3) is 0 Å². The largest absolute Gasteiger partial charge is 0.469 e. The molecule has 0 amide bonds.